The van der Waals surface area contributed by atoms with Crippen LogP contribution in [0.4, 0.5) is 0 Å². The summed E-state index contributed by atoms with van der Waals surface area (Å²) in [6.07, 6.45) is 6.05. The molecule has 0 aromatic heterocycles. The second-order valence-corrected chi connectivity index (χ2v) is 4.09. The summed E-state index contributed by atoms with van der Waals surface area (Å²) >= 11 is 0. The quantitative estimate of drug-likeness (QED) is 0.723. The monoisotopic (exact) mass is 272 g/mol. The first-order chi connectivity index (χ1) is 8.24. The molecule has 102 valence electrons. The van der Waals surface area contributed by atoms with Crippen LogP contribution in [-0.4, -0.2) is 17.7 Å². The Balaban J connectivity index is 0.00000289. The number of rotatable bonds is 8. The average Bonchev–Trinajstić information content (AvgIpc) is 2.34. The van der Waals surface area contributed by atoms with Crippen molar-refractivity contribution in [1.29, 1.82) is 0 Å². The van der Waals surface area contributed by atoms with Crippen molar-refractivity contribution in [3.05, 3.63) is 29.8 Å². The molecule has 4 heteroatoms. The predicted octanol–water partition coefficient (Wildman–Crippen LogP) is 4.16. The number of benzene rings is 1. The van der Waals surface area contributed by atoms with Gasteiger partial charge in [-0.05, 0) is 30.7 Å². The standard InChI is InChI=1S/C14H20O3.ClH/c1-2-3-4-5-6-11-17-13-9-7-12(8-10-13)14(15)16;/h7-10H,2-6,11H2,1H3,(H,15,16);1H. The minimum atomic E-state index is -0.906. The molecule has 0 aliphatic heterocycles. The van der Waals surface area contributed by atoms with Gasteiger partial charge in [0.1, 0.15) is 5.75 Å². The van der Waals surface area contributed by atoms with E-state index >= 15 is 0 Å². The first kappa shape index (κ1) is 16.8. The Labute approximate surface area is 115 Å². The molecule has 0 unspecified atom stereocenters. The first-order valence-corrected chi connectivity index (χ1v) is 6.20. The lowest BCUT2D eigenvalue weighted by Gasteiger charge is -2.06. The van der Waals surface area contributed by atoms with Crippen LogP contribution in [0, 0.1) is 0 Å². The van der Waals surface area contributed by atoms with E-state index < -0.39 is 5.97 Å². The zero-order valence-electron chi connectivity index (χ0n) is 10.7. The predicted molar refractivity (Wildman–Crippen MR) is 74.9 cm³/mol. The molecule has 1 aromatic rings. The zero-order chi connectivity index (χ0) is 12.5. The molecule has 0 radical (unpaired) electrons. The molecule has 1 rings (SSSR count). The summed E-state index contributed by atoms with van der Waals surface area (Å²) in [6, 6.07) is 6.54. The van der Waals surface area contributed by atoms with Gasteiger partial charge in [0, 0.05) is 0 Å². The van der Waals surface area contributed by atoms with Crippen molar-refractivity contribution in [3.8, 4) is 5.75 Å². The highest BCUT2D eigenvalue weighted by molar-refractivity contribution is 5.87. The third-order valence-electron chi connectivity index (χ3n) is 2.62. The van der Waals surface area contributed by atoms with Crippen molar-refractivity contribution in [2.45, 2.75) is 39.0 Å². The van der Waals surface area contributed by atoms with Crippen LogP contribution in [0.25, 0.3) is 0 Å². The van der Waals surface area contributed by atoms with Crippen molar-refractivity contribution in [3.63, 3.8) is 0 Å². The van der Waals surface area contributed by atoms with Crippen LogP contribution in [0.15, 0.2) is 24.3 Å². The molecular weight excluding hydrogens is 252 g/mol. The number of hydrogen-bond donors (Lipinski definition) is 1. The zero-order valence-corrected chi connectivity index (χ0v) is 11.5. The SMILES string of the molecule is CCCCCCCOc1ccc(C(=O)O)cc1.Cl. The maximum absolute atomic E-state index is 10.6. The fraction of sp³-hybridized carbons (Fsp3) is 0.500. The van der Waals surface area contributed by atoms with E-state index in [2.05, 4.69) is 6.92 Å². The van der Waals surface area contributed by atoms with Gasteiger partial charge >= 0.3 is 5.97 Å². The van der Waals surface area contributed by atoms with E-state index in [1.54, 1.807) is 24.3 Å². The number of ether oxygens (including phenoxy) is 1. The second-order valence-electron chi connectivity index (χ2n) is 4.09. The lowest BCUT2D eigenvalue weighted by Crippen LogP contribution is -1.99. The fourth-order valence-electron chi connectivity index (χ4n) is 1.59. The Morgan fingerprint density at radius 1 is 1.11 bits per heavy atom. The number of carboxylic acid groups (broad SMARTS) is 1. The van der Waals surface area contributed by atoms with Crippen molar-refractivity contribution >= 4 is 18.4 Å². The molecule has 1 N–H and O–H groups in total. The average molecular weight is 273 g/mol. The van der Waals surface area contributed by atoms with Crippen LogP contribution in [0.5, 0.6) is 5.75 Å². The Bertz CT molecular complexity index is 335. The highest BCUT2D eigenvalue weighted by atomic mass is 35.5. The summed E-state index contributed by atoms with van der Waals surface area (Å²) in [4.78, 5) is 10.6. The number of hydrogen-bond acceptors (Lipinski definition) is 2. The highest BCUT2D eigenvalue weighted by Crippen LogP contribution is 2.13. The number of unbranched alkanes of at least 4 members (excludes halogenated alkanes) is 4. The minimum Gasteiger partial charge on any atom is -0.494 e. The van der Waals surface area contributed by atoms with Crippen molar-refractivity contribution in [2.24, 2.45) is 0 Å². The van der Waals surface area contributed by atoms with Gasteiger partial charge in [0.05, 0.1) is 12.2 Å². The number of carbonyl (C=O) groups is 1. The lowest BCUT2D eigenvalue weighted by molar-refractivity contribution is 0.0697. The normalized spacial score (nSPS) is 9.61. The molecule has 0 amide bonds. The summed E-state index contributed by atoms with van der Waals surface area (Å²) in [5.74, 6) is -0.165. The lowest BCUT2D eigenvalue weighted by atomic mass is 10.2. The molecular formula is C14H21ClO3. The molecule has 0 saturated carbocycles. The van der Waals surface area contributed by atoms with E-state index in [4.69, 9.17) is 9.84 Å². The molecule has 1 aromatic carbocycles. The van der Waals surface area contributed by atoms with Crippen LogP contribution in [0.3, 0.4) is 0 Å². The molecule has 0 aliphatic carbocycles. The molecule has 0 atom stereocenters. The fourth-order valence-corrected chi connectivity index (χ4v) is 1.59. The maximum Gasteiger partial charge on any atom is 0.335 e. The Morgan fingerprint density at radius 3 is 2.28 bits per heavy atom. The molecule has 18 heavy (non-hydrogen) atoms. The van der Waals surface area contributed by atoms with Crippen molar-refractivity contribution < 1.29 is 14.6 Å². The van der Waals surface area contributed by atoms with Crippen LogP contribution < -0.4 is 4.74 Å². The third-order valence-corrected chi connectivity index (χ3v) is 2.62. The first-order valence-electron chi connectivity index (χ1n) is 6.20. The molecule has 0 spiro atoms. The third kappa shape index (κ3) is 6.50. The van der Waals surface area contributed by atoms with E-state index in [1.807, 2.05) is 0 Å². The van der Waals surface area contributed by atoms with Crippen LogP contribution in [0.1, 0.15) is 49.4 Å². The molecule has 0 heterocycles. The summed E-state index contributed by atoms with van der Waals surface area (Å²) in [5, 5.41) is 8.73. The summed E-state index contributed by atoms with van der Waals surface area (Å²) in [6.45, 7) is 2.90. The largest absolute Gasteiger partial charge is 0.494 e. The number of halogens is 1. The Hall–Kier alpha value is -1.22. The highest BCUT2D eigenvalue weighted by Gasteiger charge is 2.01. The van der Waals surface area contributed by atoms with Gasteiger partial charge in [-0.25, -0.2) is 4.79 Å². The number of carboxylic acids is 1. The van der Waals surface area contributed by atoms with Gasteiger partial charge in [-0.2, -0.15) is 0 Å². The van der Waals surface area contributed by atoms with Gasteiger partial charge in [-0.3, -0.25) is 0 Å². The Kier molecular flexibility index (Phi) is 9.11. The van der Waals surface area contributed by atoms with Gasteiger partial charge in [0.15, 0.2) is 0 Å². The van der Waals surface area contributed by atoms with Gasteiger partial charge in [0.2, 0.25) is 0 Å². The minimum absolute atomic E-state index is 0. The Morgan fingerprint density at radius 2 is 1.72 bits per heavy atom. The van der Waals surface area contributed by atoms with Gasteiger partial charge in [-0.1, -0.05) is 32.6 Å². The maximum atomic E-state index is 10.6. The van der Waals surface area contributed by atoms with Crippen molar-refractivity contribution in [2.75, 3.05) is 6.61 Å². The summed E-state index contributed by atoms with van der Waals surface area (Å²) in [5.41, 5.74) is 0.292. The van der Waals surface area contributed by atoms with Gasteiger partial charge < -0.3 is 9.84 Å². The van der Waals surface area contributed by atoms with E-state index in [0.717, 1.165) is 12.2 Å². The van der Waals surface area contributed by atoms with Crippen molar-refractivity contribution in [1.82, 2.24) is 0 Å². The van der Waals surface area contributed by atoms with E-state index in [-0.39, 0.29) is 12.4 Å². The van der Waals surface area contributed by atoms with Gasteiger partial charge in [-0.15, -0.1) is 12.4 Å². The van der Waals surface area contributed by atoms with Gasteiger partial charge in [0.25, 0.3) is 0 Å². The molecule has 0 saturated heterocycles. The topological polar surface area (TPSA) is 46.5 Å². The summed E-state index contributed by atoms with van der Waals surface area (Å²) in [7, 11) is 0. The summed E-state index contributed by atoms with van der Waals surface area (Å²) < 4.78 is 5.53. The number of aromatic carboxylic acids is 1. The van der Waals surface area contributed by atoms with Crippen LogP contribution in [-0.2, 0) is 0 Å². The molecule has 0 bridgehead atoms. The molecule has 0 aliphatic rings. The van der Waals surface area contributed by atoms with Crippen LogP contribution >= 0.6 is 12.4 Å². The second kappa shape index (κ2) is 9.77. The molecule has 3 nitrogen and oxygen atoms in total. The van der Waals surface area contributed by atoms with E-state index in [0.29, 0.717) is 12.2 Å². The van der Waals surface area contributed by atoms with E-state index in [9.17, 15) is 4.79 Å². The smallest absolute Gasteiger partial charge is 0.335 e. The van der Waals surface area contributed by atoms with Crippen LogP contribution in [0.2, 0.25) is 0 Å². The molecule has 0 fully saturated rings. The van der Waals surface area contributed by atoms with E-state index in [1.165, 1.54) is 25.7 Å².